The van der Waals surface area contributed by atoms with Crippen molar-refractivity contribution in [2.45, 2.75) is 58.3 Å². The van der Waals surface area contributed by atoms with Crippen molar-refractivity contribution in [2.24, 2.45) is 17.3 Å². The van der Waals surface area contributed by atoms with E-state index in [-0.39, 0.29) is 0 Å². The molecule has 0 unspecified atom stereocenters. The maximum absolute atomic E-state index is 5.89. The molecule has 0 N–H and O–H groups in total. The topological polar surface area (TPSA) is 9.23 Å². The third kappa shape index (κ3) is 2.16. The third-order valence-electron chi connectivity index (χ3n) is 6.43. The molecule has 21 heavy (non-hydrogen) atoms. The molecule has 0 radical (unpaired) electrons. The quantitative estimate of drug-likeness (QED) is 0.692. The van der Waals surface area contributed by atoms with Crippen molar-refractivity contribution in [2.75, 3.05) is 13.2 Å². The first-order valence-corrected chi connectivity index (χ1v) is 9.03. The Morgan fingerprint density at radius 3 is 3.10 bits per heavy atom. The molecule has 3 atom stereocenters. The highest BCUT2D eigenvalue weighted by molar-refractivity contribution is 5.48. The van der Waals surface area contributed by atoms with Crippen LogP contribution in [0.3, 0.4) is 0 Å². The number of hydrogen-bond donors (Lipinski definition) is 0. The van der Waals surface area contributed by atoms with Crippen LogP contribution in [-0.4, -0.2) is 13.2 Å². The molecular formula is C20H28O. The Morgan fingerprint density at radius 1 is 1.24 bits per heavy atom. The van der Waals surface area contributed by atoms with Crippen LogP contribution in [0.5, 0.6) is 0 Å². The summed E-state index contributed by atoms with van der Waals surface area (Å²) >= 11 is 0. The first-order chi connectivity index (χ1) is 10.3. The fraction of sp³-hybridized carbons (Fsp3) is 0.700. The van der Waals surface area contributed by atoms with Crippen molar-refractivity contribution in [3.63, 3.8) is 0 Å². The van der Waals surface area contributed by atoms with Gasteiger partial charge in [-0.3, -0.25) is 0 Å². The molecule has 0 aliphatic heterocycles. The Morgan fingerprint density at radius 2 is 2.19 bits per heavy atom. The largest absolute Gasteiger partial charge is 0.381 e. The highest BCUT2D eigenvalue weighted by atomic mass is 16.5. The van der Waals surface area contributed by atoms with Gasteiger partial charge in [-0.1, -0.05) is 24.6 Å². The predicted molar refractivity (Wildman–Crippen MR) is 87.1 cm³/mol. The van der Waals surface area contributed by atoms with Crippen molar-refractivity contribution in [1.82, 2.24) is 0 Å². The molecule has 0 bridgehead atoms. The number of rotatable bonds is 3. The van der Waals surface area contributed by atoms with Gasteiger partial charge in [-0.15, -0.1) is 0 Å². The molecule has 0 amide bonds. The van der Waals surface area contributed by atoms with E-state index >= 15 is 0 Å². The Bertz CT molecular complexity index is 510. The summed E-state index contributed by atoms with van der Waals surface area (Å²) < 4.78 is 5.89. The summed E-state index contributed by atoms with van der Waals surface area (Å²) in [4.78, 5) is 0. The molecular weight excluding hydrogens is 256 g/mol. The Hall–Kier alpha value is -0.820. The Labute approximate surface area is 129 Å². The van der Waals surface area contributed by atoms with E-state index in [4.69, 9.17) is 4.74 Å². The molecule has 4 aliphatic carbocycles. The molecule has 0 saturated heterocycles. The van der Waals surface area contributed by atoms with E-state index in [0.29, 0.717) is 5.41 Å². The lowest BCUT2D eigenvalue weighted by Crippen LogP contribution is -2.38. The van der Waals surface area contributed by atoms with Crippen LogP contribution in [0.2, 0.25) is 0 Å². The number of allylic oxidation sites excluding steroid dienone is 5. The van der Waals surface area contributed by atoms with Crippen molar-refractivity contribution in [3.8, 4) is 0 Å². The fourth-order valence-electron chi connectivity index (χ4n) is 5.46. The second-order valence-corrected chi connectivity index (χ2v) is 7.40. The van der Waals surface area contributed by atoms with Gasteiger partial charge in [0.05, 0.1) is 6.61 Å². The van der Waals surface area contributed by atoms with Gasteiger partial charge in [0, 0.05) is 12.0 Å². The molecule has 1 fully saturated rings. The van der Waals surface area contributed by atoms with Gasteiger partial charge in [0.2, 0.25) is 0 Å². The summed E-state index contributed by atoms with van der Waals surface area (Å²) in [5.41, 5.74) is 5.49. The van der Waals surface area contributed by atoms with Crippen LogP contribution >= 0.6 is 0 Å². The molecule has 114 valence electrons. The maximum Gasteiger partial charge on any atom is 0.0559 e. The van der Waals surface area contributed by atoms with Gasteiger partial charge < -0.3 is 4.74 Å². The lowest BCUT2D eigenvalue weighted by atomic mass is 9.60. The summed E-state index contributed by atoms with van der Waals surface area (Å²) in [7, 11) is 0. The van der Waals surface area contributed by atoms with Crippen molar-refractivity contribution < 1.29 is 4.74 Å². The number of fused-ring (bicyclic) bond motifs is 4. The van der Waals surface area contributed by atoms with E-state index in [1.54, 1.807) is 16.7 Å². The van der Waals surface area contributed by atoms with Gasteiger partial charge >= 0.3 is 0 Å². The average molecular weight is 284 g/mol. The summed E-state index contributed by atoms with van der Waals surface area (Å²) in [5, 5.41) is 0. The van der Waals surface area contributed by atoms with Crippen LogP contribution in [0, 0.1) is 17.3 Å². The minimum Gasteiger partial charge on any atom is -0.381 e. The lowest BCUT2D eigenvalue weighted by molar-refractivity contribution is 0.0382. The summed E-state index contributed by atoms with van der Waals surface area (Å²) in [5.74, 6) is 1.67. The molecule has 1 heteroatoms. The van der Waals surface area contributed by atoms with Gasteiger partial charge in [0.15, 0.2) is 0 Å². The SMILES string of the molecule is CCOC[C@]12C=CC3=C4CCCC=C4CC[C@H]3[C@@H]1CCC2. The smallest absolute Gasteiger partial charge is 0.0559 e. The van der Waals surface area contributed by atoms with Crippen molar-refractivity contribution in [3.05, 3.63) is 34.9 Å². The number of ether oxygens (including phenoxy) is 1. The molecule has 0 spiro atoms. The molecule has 0 aromatic heterocycles. The number of hydrogen-bond acceptors (Lipinski definition) is 1. The van der Waals surface area contributed by atoms with E-state index in [1.807, 2.05) is 0 Å². The molecule has 0 aromatic rings. The summed E-state index contributed by atoms with van der Waals surface area (Å²) in [6.07, 6.45) is 18.4. The Kier molecular flexibility index (Phi) is 3.57. The van der Waals surface area contributed by atoms with Gasteiger partial charge in [-0.05, 0) is 80.4 Å². The fourth-order valence-corrected chi connectivity index (χ4v) is 5.46. The van der Waals surface area contributed by atoms with Gasteiger partial charge in [0.1, 0.15) is 0 Å². The average Bonchev–Trinajstić information content (AvgIpc) is 2.97. The first-order valence-electron chi connectivity index (χ1n) is 9.03. The van der Waals surface area contributed by atoms with Crippen LogP contribution in [0.15, 0.2) is 34.9 Å². The molecule has 4 aliphatic rings. The standard InChI is InChI=1S/C20H28O/c1-2-21-14-20-12-5-8-19(20)18-10-9-15-6-3-4-7-16(15)17(18)11-13-20/h6,11,13,18-19H,2-5,7-10,12,14H2,1H3/t18-,19+,20+/m1/s1. The zero-order valence-electron chi connectivity index (χ0n) is 13.4. The zero-order valence-corrected chi connectivity index (χ0v) is 13.4. The third-order valence-corrected chi connectivity index (χ3v) is 6.43. The highest BCUT2D eigenvalue weighted by Gasteiger charge is 2.49. The first kappa shape index (κ1) is 13.8. The zero-order chi connectivity index (χ0) is 14.3. The van der Waals surface area contributed by atoms with Gasteiger partial charge in [0.25, 0.3) is 0 Å². The molecule has 1 nitrogen and oxygen atoms in total. The van der Waals surface area contributed by atoms with Crippen LogP contribution < -0.4 is 0 Å². The predicted octanol–water partition coefficient (Wildman–Crippen LogP) is 5.20. The molecule has 0 heterocycles. The van der Waals surface area contributed by atoms with E-state index in [1.165, 1.54) is 51.4 Å². The van der Waals surface area contributed by atoms with E-state index in [9.17, 15) is 0 Å². The van der Waals surface area contributed by atoms with Crippen molar-refractivity contribution >= 4 is 0 Å². The van der Waals surface area contributed by atoms with E-state index in [0.717, 1.165) is 25.0 Å². The van der Waals surface area contributed by atoms with Crippen LogP contribution in [0.25, 0.3) is 0 Å². The maximum atomic E-state index is 5.89. The second kappa shape index (κ2) is 5.43. The van der Waals surface area contributed by atoms with Gasteiger partial charge in [-0.25, -0.2) is 0 Å². The summed E-state index contributed by atoms with van der Waals surface area (Å²) in [6.45, 7) is 3.93. The molecule has 0 aromatic carbocycles. The minimum atomic E-state index is 0.362. The van der Waals surface area contributed by atoms with E-state index in [2.05, 4.69) is 25.2 Å². The van der Waals surface area contributed by atoms with Gasteiger partial charge in [-0.2, -0.15) is 0 Å². The molecule has 4 rings (SSSR count). The lowest BCUT2D eigenvalue weighted by Gasteiger charge is -2.45. The second-order valence-electron chi connectivity index (χ2n) is 7.40. The van der Waals surface area contributed by atoms with Crippen LogP contribution in [-0.2, 0) is 4.74 Å². The highest BCUT2D eigenvalue weighted by Crippen LogP contribution is 2.57. The summed E-state index contributed by atoms with van der Waals surface area (Å²) in [6, 6.07) is 0. The van der Waals surface area contributed by atoms with Crippen LogP contribution in [0.1, 0.15) is 58.3 Å². The molecule has 1 saturated carbocycles. The Balaban J connectivity index is 1.72. The van der Waals surface area contributed by atoms with E-state index < -0.39 is 0 Å². The van der Waals surface area contributed by atoms with Crippen LogP contribution in [0.4, 0.5) is 0 Å². The minimum absolute atomic E-state index is 0.362. The normalized spacial score (nSPS) is 37.9. The van der Waals surface area contributed by atoms with Crippen molar-refractivity contribution in [1.29, 1.82) is 0 Å². The monoisotopic (exact) mass is 284 g/mol.